The Morgan fingerprint density at radius 2 is 1.70 bits per heavy atom. The molecular formula is C29H49N. The van der Waals surface area contributed by atoms with Gasteiger partial charge >= 0.3 is 0 Å². The fraction of sp³-hybridized carbons (Fsp3) is 0.862. The second-order valence-corrected chi connectivity index (χ2v) is 12.1. The lowest BCUT2D eigenvalue weighted by atomic mass is 9.44. The maximum absolute atomic E-state index is 4.02. The minimum atomic E-state index is 0.604. The third-order valence-electron chi connectivity index (χ3n) is 11.0. The van der Waals surface area contributed by atoms with Crippen molar-refractivity contribution in [2.24, 2.45) is 46.3 Å². The SMILES string of the molecule is C=CN(/C=C\C)CC[C@H]1CCC2C3CCC4CC(CCC)CCC4(C)C3CCC21C. The van der Waals surface area contributed by atoms with Gasteiger partial charge in [-0.2, -0.15) is 0 Å². The Morgan fingerprint density at radius 3 is 2.43 bits per heavy atom. The summed E-state index contributed by atoms with van der Waals surface area (Å²) in [5, 5.41) is 0. The molecule has 0 N–H and O–H groups in total. The topological polar surface area (TPSA) is 3.24 Å². The van der Waals surface area contributed by atoms with E-state index in [1.54, 1.807) is 19.3 Å². The fourth-order valence-corrected chi connectivity index (χ4v) is 9.32. The number of nitrogens with zero attached hydrogens (tertiary/aromatic N) is 1. The quantitative estimate of drug-likeness (QED) is 0.406. The van der Waals surface area contributed by atoms with Crippen molar-refractivity contribution in [2.75, 3.05) is 6.54 Å². The number of allylic oxidation sites excluding steroid dienone is 1. The van der Waals surface area contributed by atoms with Gasteiger partial charge in [0.15, 0.2) is 0 Å². The van der Waals surface area contributed by atoms with Gasteiger partial charge in [-0.3, -0.25) is 0 Å². The van der Waals surface area contributed by atoms with E-state index >= 15 is 0 Å². The molecule has 4 saturated carbocycles. The third-order valence-corrected chi connectivity index (χ3v) is 11.0. The number of rotatable bonds is 7. The van der Waals surface area contributed by atoms with E-state index in [1.807, 2.05) is 6.20 Å². The highest BCUT2D eigenvalue weighted by Gasteiger charge is 2.59. The summed E-state index contributed by atoms with van der Waals surface area (Å²) in [6.07, 6.45) is 24.3. The largest absolute Gasteiger partial charge is 0.355 e. The molecule has 4 aliphatic rings. The molecule has 0 saturated heterocycles. The molecule has 0 aromatic heterocycles. The van der Waals surface area contributed by atoms with E-state index in [0.29, 0.717) is 10.8 Å². The van der Waals surface area contributed by atoms with Gasteiger partial charge in [-0.15, -0.1) is 0 Å². The van der Waals surface area contributed by atoms with Gasteiger partial charge in [0.2, 0.25) is 0 Å². The summed E-state index contributed by atoms with van der Waals surface area (Å²) in [7, 11) is 0. The van der Waals surface area contributed by atoms with Crippen molar-refractivity contribution < 1.29 is 0 Å². The number of hydrogen-bond donors (Lipinski definition) is 0. The first-order valence-corrected chi connectivity index (χ1v) is 13.5. The van der Waals surface area contributed by atoms with Crippen LogP contribution in [0.25, 0.3) is 0 Å². The molecule has 8 atom stereocenters. The standard InChI is InChI=1S/C29H49N/c1-6-9-22-14-17-29(5)24(21-22)10-12-25-26-13-11-23(16-20-30(8-3)19-7-2)28(26,4)18-15-27(25)29/h7-8,19,22-27H,3,6,9-18,20-21H2,1-2,4-5H3/b19-7-/t22?,23-,24?,25?,26?,27?,28?,29?/m1/s1. The minimum absolute atomic E-state index is 0.604. The normalized spacial score (nSPS) is 45.6. The van der Waals surface area contributed by atoms with Crippen LogP contribution in [0, 0.1) is 46.3 Å². The summed E-state index contributed by atoms with van der Waals surface area (Å²) >= 11 is 0. The van der Waals surface area contributed by atoms with Crippen LogP contribution in [-0.2, 0) is 0 Å². The minimum Gasteiger partial charge on any atom is -0.355 e. The molecule has 4 rings (SSSR count). The summed E-state index contributed by atoms with van der Waals surface area (Å²) in [5.74, 6) is 6.06. The van der Waals surface area contributed by atoms with Gasteiger partial charge in [-0.05, 0) is 130 Å². The molecule has 0 bridgehead atoms. The van der Waals surface area contributed by atoms with Crippen LogP contribution < -0.4 is 0 Å². The highest BCUT2D eigenvalue weighted by Crippen LogP contribution is 2.68. The molecule has 1 nitrogen and oxygen atoms in total. The Labute approximate surface area is 187 Å². The Balaban J connectivity index is 1.44. The number of hydrogen-bond acceptors (Lipinski definition) is 1. The zero-order chi connectivity index (χ0) is 21.4. The average Bonchev–Trinajstić information content (AvgIpc) is 3.08. The monoisotopic (exact) mass is 411 g/mol. The van der Waals surface area contributed by atoms with Gasteiger partial charge in [0.1, 0.15) is 0 Å². The molecule has 0 aromatic carbocycles. The Morgan fingerprint density at radius 1 is 0.933 bits per heavy atom. The first-order chi connectivity index (χ1) is 14.5. The van der Waals surface area contributed by atoms with Crippen LogP contribution in [0.15, 0.2) is 25.1 Å². The lowest BCUT2D eigenvalue weighted by Gasteiger charge is -2.61. The summed E-state index contributed by atoms with van der Waals surface area (Å²) in [6, 6.07) is 0. The van der Waals surface area contributed by atoms with Crippen LogP contribution in [0.1, 0.15) is 105 Å². The smallest absolute Gasteiger partial charge is 0.0222 e. The second-order valence-electron chi connectivity index (χ2n) is 12.1. The van der Waals surface area contributed by atoms with Crippen molar-refractivity contribution in [3.63, 3.8) is 0 Å². The summed E-state index contributed by atoms with van der Waals surface area (Å²) < 4.78 is 0. The van der Waals surface area contributed by atoms with Crippen LogP contribution >= 0.6 is 0 Å². The van der Waals surface area contributed by atoms with Crippen molar-refractivity contribution in [3.8, 4) is 0 Å². The molecular weight excluding hydrogens is 362 g/mol. The van der Waals surface area contributed by atoms with Gasteiger partial charge in [0, 0.05) is 6.54 Å². The third kappa shape index (κ3) is 3.81. The molecule has 0 amide bonds. The molecule has 4 fully saturated rings. The van der Waals surface area contributed by atoms with E-state index in [9.17, 15) is 0 Å². The van der Waals surface area contributed by atoms with Crippen LogP contribution in [0.4, 0.5) is 0 Å². The van der Waals surface area contributed by atoms with Crippen LogP contribution in [0.5, 0.6) is 0 Å². The van der Waals surface area contributed by atoms with Crippen LogP contribution in [-0.4, -0.2) is 11.4 Å². The van der Waals surface area contributed by atoms with E-state index in [1.165, 1.54) is 57.8 Å². The maximum Gasteiger partial charge on any atom is 0.0222 e. The van der Waals surface area contributed by atoms with Crippen molar-refractivity contribution in [3.05, 3.63) is 25.1 Å². The molecule has 0 aliphatic heterocycles. The Kier molecular flexibility index (Phi) is 6.76. The van der Waals surface area contributed by atoms with E-state index in [2.05, 4.69) is 51.4 Å². The van der Waals surface area contributed by atoms with Crippen molar-refractivity contribution in [2.45, 2.75) is 105 Å². The molecule has 0 spiro atoms. The molecule has 0 radical (unpaired) electrons. The molecule has 1 heteroatoms. The summed E-state index contributed by atoms with van der Waals surface area (Å²) in [4.78, 5) is 2.29. The molecule has 7 unspecified atom stereocenters. The Hall–Kier alpha value is -0.720. The Bertz CT molecular complexity index is 622. The van der Waals surface area contributed by atoms with Crippen molar-refractivity contribution in [1.29, 1.82) is 0 Å². The van der Waals surface area contributed by atoms with E-state index in [-0.39, 0.29) is 0 Å². The lowest BCUT2D eigenvalue weighted by molar-refractivity contribution is -0.119. The van der Waals surface area contributed by atoms with E-state index in [4.69, 9.17) is 0 Å². The molecule has 0 heterocycles. The van der Waals surface area contributed by atoms with Crippen LogP contribution in [0.2, 0.25) is 0 Å². The molecule has 30 heavy (non-hydrogen) atoms. The van der Waals surface area contributed by atoms with Gasteiger partial charge in [-0.25, -0.2) is 0 Å². The molecule has 0 aromatic rings. The van der Waals surface area contributed by atoms with Crippen molar-refractivity contribution >= 4 is 0 Å². The second kappa shape index (κ2) is 9.03. The predicted octanol–water partition coefficient (Wildman–Crippen LogP) is 8.43. The maximum atomic E-state index is 4.02. The summed E-state index contributed by atoms with van der Waals surface area (Å²) in [6.45, 7) is 15.1. The first-order valence-electron chi connectivity index (χ1n) is 13.5. The molecule has 170 valence electrons. The van der Waals surface area contributed by atoms with Crippen molar-refractivity contribution in [1.82, 2.24) is 4.90 Å². The average molecular weight is 412 g/mol. The highest BCUT2D eigenvalue weighted by atomic mass is 15.1. The predicted molar refractivity (Wildman–Crippen MR) is 130 cm³/mol. The highest BCUT2D eigenvalue weighted by molar-refractivity contribution is 5.09. The fourth-order valence-electron chi connectivity index (χ4n) is 9.32. The summed E-state index contributed by atoms with van der Waals surface area (Å²) in [5.41, 5.74) is 1.27. The van der Waals surface area contributed by atoms with E-state index < -0.39 is 0 Å². The number of fused-ring (bicyclic) bond motifs is 5. The van der Waals surface area contributed by atoms with Crippen LogP contribution in [0.3, 0.4) is 0 Å². The zero-order valence-corrected chi connectivity index (χ0v) is 20.5. The van der Waals surface area contributed by atoms with Gasteiger partial charge in [-0.1, -0.05) is 46.3 Å². The van der Waals surface area contributed by atoms with Gasteiger partial charge in [0.25, 0.3) is 0 Å². The van der Waals surface area contributed by atoms with Gasteiger partial charge < -0.3 is 4.90 Å². The zero-order valence-electron chi connectivity index (χ0n) is 20.5. The molecule has 4 aliphatic carbocycles. The van der Waals surface area contributed by atoms with Gasteiger partial charge in [0.05, 0.1) is 0 Å². The lowest BCUT2D eigenvalue weighted by Crippen LogP contribution is -2.53. The first kappa shape index (κ1) is 22.5. The van der Waals surface area contributed by atoms with E-state index in [0.717, 1.165) is 42.1 Å².